The molecule has 1 aromatic heterocycles. The van der Waals surface area contributed by atoms with Crippen molar-refractivity contribution in [1.82, 2.24) is 9.88 Å². The molecular formula is C13H20BrClN2S2. The van der Waals surface area contributed by atoms with Crippen LogP contribution in [0.25, 0.3) is 0 Å². The van der Waals surface area contributed by atoms with Gasteiger partial charge in [0.2, 0.25) is 0 Å². The fraction of sp³-hybridized carbons (Fsp3) is 0.615. The normalized spacial score (nSPS) is 15.4. The van der Waals surface area contributed by atoms with Gasteiger partial charge in [0, 0.05) is 28.8 Å². The number of rotatable bonds is 7. The highest BCUT2D eigenvalue weighted by molar-refractivity contribution is 9.10. The smallest absolute Gasteiger partial charge is 0.0960 e. The van der Waals surface area contributed by atoms with E-state index >= 15 is 0 Å². The Hall–Kier alpha value is 0.580. The first-order chi connectivity index (χ1) is 8.84. The minimum atomic E-state index is 0. The number of pyridine rings is 1. The van der Waals surface area contributed by atoms with E-state index in [1.165, 1.54) is 49.7 Å². The maximum atomic E-state index is 4.36. The molecule has 6 heteroatoms. The summed E-state index contributed by atoms with van der Waals surface area (Å²) in [4.78, 5) is 6.93. The van der Waals surface area contributed by atoms with Gasteiger partial charge in [0.1, 0.15) is 0 Å². The molecule has 2 heterocycles. The molecule has 0 saturated carbocycles. The fourth-order valence-electron chi connectivity index (χ4n) is 1.87. The van der Waals surface area contributed by atoms with Gasteiger partial charge in [0.05, 0.1) is 5.03 Å². The Kier molecular flexibility index (Phi) is 9.58. The first kappa shape index (κ1) is 17.6. The van der Waals surface area contributed by atoms with E-state index in [-0.39, 0.29) is 12.4 Å². The molecule has 1 saturated heterocycles. The highest BCUT2D eigenvalue weighted by Gasteiger charge is 2.10. The molecule has 2 rings (SSSR count). The van der Waals surface area contributed by atoms with Crippen molar-refractivity contribution in [2.24, 2.45) is 0 Å². The average Bonchev–Trinajstić information content (AvgIpc) is 2.89. The number of halogens is 2. The Morgan fingerprint density at radius 2 is 2.21 bits per heavy atom. The van der Waals surface area contributed by atoms with Crippen molar-refractivity contribution in [2.45, 2.75) is 24.3 Å². The summed E-state index contributed by atoms with van der Waals surface area (Å²) in [7, 11) is 0. The Morgan fingerprint density at radius 3 is 2.89 bits per heavy atom. The molecule has 1 fully saturated rings. The largest absolute Gasteiger partial charge is 0.293 e. The zero-order chi connectivity index (χ0) is 12.6. The van der Waals surface area contributed by atoms with E-state index in [0.29, 0.717) is 0 Å². The van der Waals surface area contributed by atoms with Crippen molar-refractivity contribution in [3.63, 3.8) is 0 Å². The summed E-state index contributed by atoms with van der Waals surface area (Å²) in [5.74, 6) is 3.76. The second-order valence-electron chi connectivity index (χ2n) is 4.38. The van der Waals surface area contributed by atoms with Gasteiger partial charge in [-0.2, -0.15) is 0 Å². The van der Waals surface area contributed by atoms with E-state index in [9.17, 15) is 0 Å². The van der Waals surface area contributed by atoms with E-state index in [4.69, 9.17) is 0 Å². The van der Waals surface area contributed by atoms with E-state index in [1.807, 2.05) is 18.0 Å². The number of aromatic nitrogens is 1. The summed E-state index contributed by atoms with van der Waals surface area (Å²) in [6, 6.07) is 4.14. The maximum absolute atomic E-state index is 4.36. The van der Waals surface area contributed by atoms with E-state index in [1.54, 1.807) is 0 Å². The lowest BCUT2D eigenvalue weighted by Crippen LogP contribution is -2.20. The molecule has 1 aliphatic heterocycles. The number of unbranched alkanes of at least 4 members (excludes halogenated alkanes) is 2. The predicted octanol–water partition coefficient (Wildman–Crippen LogP) is 4.53. The third kappa shape index (κ3) is 7.23. The second-order valence-corrected chi connectivity index (χ2v) is 7.48. The van der Waals surface area contributed by atoms with Crippen LogP contribution in [-0.4, -0.2) is 40.4 Å². The minimum absolute atomic E-state index is 0. The molecular weight excluding hydrogens is 364 g/mol. The molecule has 2 nitrogen and oxygen atoms in total. The van der Waals surface area contributed by atoms with Crippen LogP contribution in [0.3, 0.4) is 0 Å². The van der Waals surface area contributed by atoms with Gasteiger partial charge < -0.3 is 0 Å². The summed E-state index contributed by atoms with van der Waals surface area (Å²) in [5.41, 5.74) is 0. The lowest BCUT2D eigenvalue weighted by Gasteiger charge is -2.12. The SMILES string of the molecule is Brc1ccc(SCCCCCN2CCSC2)nc1.Cl. The number of hydrogen-bond donors (Lipinski definition) is 0. The zero-order valence-corrected chi connectivity index (χ0v) is 14.9. The van der Waals surface area contributed by atoms with Crippen LogP contribution in [0.4, 0.5) is 0 Å². The van der Waals surface area contributed by atoms with Gasteiger partial charge in [-0.15, -0.1) is 35.9 Å². The lowest BCUT2D eigenvalue weighted by molar-refractivity contribution is 0.346. The maximum Gasteiger partial charge on any atom is 0.0960 e. The highest BCUT2D eigenvalue weighted by atomic mass is 79.9. The monoisotopic (exact) mass is 382 g/mol. The van der Waals surface area contributed by atoms with Gasteiger partial charge in [-0.3, -0.25) is 4.90 Å². The van der Waals surface area contributed by atoms with Crippen molar-refractivity contribution in [2.75, 3.05) is 30.5 Å². The number of nitrogens with zero attached hydrogens (tertiary/aromatic N) is 2. The van der Waals surface area contributed by atoms with Crippen molar-refractivity contribution < 1.29 is 0 Å². The average molecular weight is 384 g/mol. The topological polar surface area (TPSA) is 16.1 Å². The zero-order valence-electron chi connectivity index (χ0n) is 10.9. The number of thioether (sulfide) groups is 2. The quantitative estimate of drug-likeness (QED) is 0.507. The molecule has 0 bridgehead atoms. The molecule has 0 radical (unpaired) electrons. The molecule has 0 amide bonds. The summed E-state index contributed by atoms with van der Waals surface area (Å²) in [6.45, 7) is 2.58. The summed E-state index contributed by atoms with van der Waals surface area (Å²) < 4.78 is 1.05. The molecule has 0 atom stereocenters. The molecule has 0 unspecified atom stereocenters. The molecule has 0 N–H and O–H groups in total. The first-order valence-corrected chi connectivity index (χ1v) is 9.32. The Morgan fingerprint density at radius 1 is 1.32 bits per heavy atom. The lowest BCUT2D eigenvalue weighted by atomic mass is 10.2. The third-order valence-corrected chi connectivity index (χ3v) is 5.41. The van der Waals surface area contributed by atoms with E-state index < -0.39 is 0 Å². The number of hydrogen-bond acceptors (Lipinski definition) is 4. The van der Waals surface area contributed by atoms with Gasteiger partial charge in [-0.1, -0.05) is 6.42 Å². The standard InChI is InChI=1S/C13H19BrN2S2.ClH/c14-12-4-5-13(15-10-12)18-8-3-1-2-6-16-7-9-17-11-16;/h4-5,10H,1-3,6-9,11H2;1H. The highest BCUT2D eigenvalue weighted by Crippen LogP contribution is 2.19. The summed E-state index contributed by atoms with van der Waals surface area (Å²) >= 11 is 7.32. The van der Waals surface area contributed by atoms with Gasteiger partial charge in [0.15, 0.2) is 0 Å². The Labute approximate surface area is 139 Å². The van der Waals surface area contributed by atoms with E-state index in [2.05, 4.69) is 49.7 Å². The van der Waals surface area contributed by atoms with Gasteiger partial charge in [-0.25, -0.2) is 4.98 Å². The van der Waals surface area contributed by atoms with Crippen LogP contribution >= 0.6 is 51.9 Å². The van der Waals surface area contributed by atoms with Crippen LogP contribution in [0.15, 0.2) is 27.8 Å². The second kappa shape index (κ2) is 10.3. The van der Waals surface area contributed by atoms with Crippen LogP contribution in [0.2, 0.25) is 0 Å². The molecule has 1 aromatic rings. The van der Waals surface area contributed by atoms with Crippen LogP contribution in [0.5, 0.6) is 0 Å². The Balaban J connectivity index is 0.00000180. The van der Waals surface area contributed by atoms with Gasteiger partial charge in [-0.05, 0) is 53.2 Å². The fourth-order valence-corrected chi connectivity index (χ4v) is 3.98. The van der Waals surface area contributed by atoms with E-state index in [0.717, 1.165) is 9.50 Å². The first-order valence-electron chi connectivity index (χ1n) is 6.39. The summed E-state index contributed by atoms with van der Waals surface area (Å²) in [5, 5.41) is 1.13. The van der Waals surface area contributed by atoms with Crippen LogP contribution in [-0.2, 0) is 0 Å². The molecule has 0 spiro atoms. The molecule has 0 aliphatic carbocycles. The predicted molar refractivity (Wildman–Crippen MR) is 92.7 cm³/mol. The molecule has 1 aliphatic rings. The minimum Gasteiger partial charge on any atom is -0.293 e. The summed E-state index contributed by atoms with van der Waals surface area (Å²) in [6.07, 6.45) is 5.84. The van der Waals surface area contributed by atoms with Crippen molar-refractivity contribution >= 4 is 51.9 Å². The van der Waals surface area contributed by atoms with Gasteiger partial charge in [0.25, 0.3) is 0 Å². The Bertz CT molecular complexity index is 345. The van der Waals surface area contributed by atoms with Crippen LogP contribution < -0.4 is 0 Å². The third-order valence-electron chi connectivity index (χ3n) is 2.89. The molecule has 108 valence electrons. The van der Waals surface area contributed by atoms with Crippen LogP contribution in [0.1, 0.15) is 19.3 Å². The molecule has 19 heavy (non-hydrogen) atoms. The van der Waals surface area contributed by atoms with Crippen molar-refractivity contribution in [3.05, 3.63) is 22.8 Å². The van der Waals surface area contributed by atoms with Crippen LogP contribution in [0, 0.1) is 0 Å². The molecule has 0 aromatic carbocycles. The van der Waals surface area contributed by atoms with Gasteiger partial charge >= 0.3 is 0 Å². The van der Waals surface area contributed by atoms with Crippen molar-refractivity contribution in [3.8, 4) is 0 Å². The van der Waals surface area contributed by atoms with Crippen molar-refractivity contribution in [1.29, 1.82) is 0 Å².